The van der Waals surface area contributed by atoms with Crippen LogP contribution >= 0.6 is 34.5 Å². The SMILES string of the molecule is COC(=O)c1cccc(Cn2c(Cl)c(C=NNC(=O)c3ccccc3Cl)sc2=O)c1. The molecule has 0 bridgehead atoms. The van der Waals surface area contributed by atoms with E-state index in [0.29, 0.717) is 21.0 Å². The first-order chi connectivity index (χ1) is 14.4. The molecule has 1 N–H and O–H groups in total. The summed E-state index contributed by atoms with van der Waals surface area (Å²) in [7, 11) is 1.30. The monoisotopic (exact) mass is 463 g/mol. The lowest BCUT2D eigenvalue weighted by Crippen LogP contribution is -2.17. The molecule has 1 aromatic heterocycles. The van der Waals surface area contributed by atoms with Crippen LogP contribution in [0.25, 0.3) is 0 Å². The summed E-state index contributed by atoms with van der Waals surface area (Å²) < 4.78 is 6.05. The molecule has 3 rings (SSSR count). The third-order valence-electron chi connectivity index (χ3n) is 4.01. The molecule has 3 aromatic rings. The molecule has 0 atom stereocenters. The van der Waals surface area contributed by atoms with Crippen LogP contribution in [0.3, 0.4) is 0 Å². The van der Waals surface area contributed by atoms with Gasteiger partial charge in [0.2, 0.25) is 0 Å². The van der Waals surface area contributed by atoms with Crippen LogP contribution in [-0.2, 0) is 11.3 Å². The van der Waals surface area contributed by atoms with E-state index in [-0.39, 0.29) is 22.1 Å². The van der Waals surface area contributed by atoms with Gasteiger partial charge in [-0.15, -0.1) is 0 Å². The summed E-state index contributed by atoms with van der Waals surface area (Å²) in [5.74, 6) is -0.956. The molecule has 0 aliphatic heterocycles. The molecule has 1 heterocycles. The van der Waals surface area contributed by atoms with E-state index in [4.69, 9.17) is 27.9 Å². The quantitative estimate of drug-likeness (QED) is 0.341. The molecule has 1 amide bonds. The number of ether oxygens (including phenoxy) is 1. The van der Waals surface area contributed by atoms with Crippen molar-refractivity contribution in [3.05, 3.63) is 89.9 Å². The summed E-state index contributed by atoms with van der Waals surface area (Å²) in [6, 6.07) is 13.3. The summed E-state index contributed by atoms with van der Waals surface area (Å²) in [4.78, 5) is 36.2. The fraction of sp³-hybridized carbons (Fsp3) is 0.100. The highest BCUT2D eigenvalue weighted by Crippen LogP contribution is 2.19. The molecule has 0 aliphatic rings. The minimum Gasteiger partial charge on any atom is -0.465 e. The van der Waals surface area contributed by atoms with Crippen molar-refractivity contribution < 1.29 is 14.3 Å². The van der Waals surface area contributed by atoms with Crippen LogP contribution in [0.2, 0.25) is 10.2 Å². The first-order valence-corrected chi connectivity index (χ1v) is 10.1. The number of benzene rings is 2. The fourth-order valence-corrected chi connectivity index (χ4v) is 3.90. The molecule has 0 saturated carbocycles. The standard InChI is InChI=1S/C20H15Cl2N3O4S/c1-29-19(27)13-6-4-5-12(9-13)11-25-17(22)16(30-20(25)28)10-23-24-18(26)14-7-2-3-8-15(14)21/h2-10H,11H2,1H3,(H,24,26). The molecule has 30 heavy (non-hydrogen) atoms. The average molecular weight is 464 g/mol. The molecule has 2 aromatic carbocycles. The van der Waals surface area contributed by atoms with Crippen molar-refractivity contribution in [2.45, 2.75) is 6.54 Å². The predicted molar refractivity (Wildman–Crippen MR) is 117 cm³/mol. The molecule has 10 heteroatoms. The van der Waals surface area contributed by atoms with Gasteiger partial charge in [0.1, 0.15) is 5.15 Å². The number of carbonyl (C=O) groups is 2. The van der Waals surface area contributed by atoms with Crippen molar-refractivity contribution >= 4 is 52.6 Å². The summed E-state index contributed by atoms with van der Waals surface area (Å²) in [6.07, 6.45) is 1.30. The topological polar surface area (TPSA) is 89.8 Å². The average Bonchev–Trinajstić information content (AvgIpc) is 3.01. The number of hydrogen-bond donors (Lipinski definition) is 1. The Morgan fingerprint density at radius 3 is 2.70 bits per heavy atom. The van der Waals surface area contributed by atoms with Gasteiger partial charge in [-0.2, -0.15) is 5.10 Å². The van der Waals surface area contributed by atoms with Gasteiger partial charge in [-0.1, -0.05) is 58.8 Å². The number of nitrogens with zero attached hydrogens (tertiary/aromatic N) is 2. The van der Waals surface area contributed by atoms with Crippen LogP contribution < -0.4 is 10.3 Å². The molecule has 7 nitrogen and oxygen atoms in total. The van der Waals surface area contributed by atoms with E-state index in [1.165, 1.54) is 17.9 Å². The van der Waals surface area contributed by atoms with Crippen LogP contribution in [-0.4, -0.2) is 29.8 Å². The second-order valence-electron chi connectivity index (χ2n) is 5.98. The minimum atomic E-state index is -0.487. The summed E-state index contributed by atoms with van der Waals surface area (Å²) in [6.45, 7) is 0.165. The zero-order chi connectivity index (χ0) is 21.7. The fourth-order valence-electron chi connectivity index (χ4n) is 2.57. The zero-order valence-corrected chi connectivity index (χ0v) is 17.9. The highest BCUT2D eigenvalue weighted by Gasteiger charge is 2.14. The minimum absolute atomic E-state index is 0.165. The molecule has 0 spiro atoms. The Kier molecular flexibility index (Phi) is 7.04. The maximum Gasteiger partial charge on any atom is 0.337 e. The third-order valence-corrected chi connectivity index (χ3v) is 5.78. The third kappa shape index (κ3) is 4.96. The Hall–Kier alpha value is -2.94. The van der Waals surface area contributed by atoms with Crippen molar-refractivity contribution in [2.24, 2.45) is 5.10 Å². The number of methoxy groups -OCH3 is 1. The Morgan fingerprint density at radius 1 is 1.20 bits per heavy atom. The van der Waals surface area contributed by atoms with E-state index in [0.717, 1.165) is 11.3 Å². The zero-order valence-electron chi connectivity index (χ0n) is 15.6. The maximum atomic E-state index is 12.3. The Bertz CT molecular complexity index is 1190. The first kappa shape index (κ1) is 21.8. The second kappa shape index (κ2) is 9.71. The number of carbonyl (C=O) groups excluding carboxylic acids is 2. The van der Waals surface area contributed by atoms with Gasteiger partial charge in [-0.3, -0.25) is 14.2 Å². The molecule has 0 fully saturated rings. The summed E-state index contributed by atoms with van der Waals surface area (Å²) in [5.41, 5.74) is 3.71. The molecule has 0 unspecified atom stereocenters. The lowest BCUT2D eigenvalue weighted by molar-refractivity contribution is 0.0600. The molecular formula is C20H15Cl2N3O4S. The second-order valence-corrected chi connectivity index (χ2v) is 7.74. The highest BCUT2D eigenvalue weighted by atomic mass is 35.5. The number of hydrazone groups is 1. The molecule has 0 aliphatic carbocycles. The normalized spacial score (nSPS) is 10.9. The van der Waals surface area contributed by atoms with E-state index >= 15 is 0 Å². The Balaban J connectivity index is 1.75. The van der Waals surface area contributed by atoms with Gasteiger partial charge in [0, 0.05) is 0 Å². The molecule has 0 saturated heterocycles. The van der Waals surface area contributed by atoms with Crippen LogP contribution in [0.1, 0.15) is 31.2 Å². The van der Waals surface area contributed by atoms with E-state index in [9.17, 15) is 14.4 Å². The van der Waals surface area contributed by atoms with Crippen molar-refractivity contribution in [1.82, 2.24) is 9.99 Å². The van der Waals surface area contributed by atoms with Crippen LogP contribution in [0.4, 0.5) is 0 Å². The first-order valence-electron chi connectivity index (χ1n) is 8.55. The van der Waals surface area contributed by atoms with Gasteiger partial charge in [0.05, 0.1) is 40.9 Å². The number of rotatable bonds is 6. The number of esters is 1. The van der Waals surface area contributed by atoms with E-state index < -0.39 is 11.9 Å². The Labute approximate surface area is 185 Å². The number of halogens is 2. The highest BCUT2D eigenvalue weighted by molar-refractivity contribution is 7.11. The summed E-state index contributed by atoms with van der Waals surface area (Å²) in [5, 5.41) is 4.33. The molecule has 0 radical (unpaired) electrons. The van der Waals surface area contributed by atoms with Gasteiger partial charge < -0.3 is 4.74 Å². The number of nitrogens with one attached hydrogen (secondary N) is 1. The van der Waals surface area contributed by atoms with Crippen LogP contribution in [0.5, 0.6) is 0 Å². The van der Waals surface area contributed by atoms with Crippen molar-refractivity contribution in [2.75, 3.05) is 7.11 Å². The van der Waals surface area contributed by atoms with Crippen molar-refractivity contribution in [1.29, 1.82) is 0 Å². The number of thiazole rings is 1. The van der Waals surface area contributed by atoms with Gasteiger partial charge in [0.15, 0.2) is 0 Å². The Morgan fingerprint density at radius 2 is 1.97 bits per heavy atom. The van der Waals surface area contributed by atoms with Gasteiger partial charge in [-0.25, -0.2) is 10.2 Å². The summed E-state index contributed by atoms with van der Waals surface area (Å²) >= 11 is 13.2. The molecule has 154 valence electrons. The van der Waals surface area contributed by atoms with Crippen LogP contribution in [0.15, 0.2) is 58.4 Å². The van der Waals surface area contributed by atoms with Crippen molar-refractivity contribution in [3.63, 3.8) is 0 Å². The van der Waals surface area contributed by atoms with E-state index in [1.54, 1.807) is 48.5 Å². The predicted octanol–water partition coefficient (Wildman–Crippen LogP) is 3.82. The van der Waals surface area contributed by atoms with Gasteiger partial charge in [0.25, 0.3) is 5.91 Å². The maximum absolute atomic E-state index is 12.3. The largest absolute Gasteiger partial charge is 0.465 e. The van der Waals surface area contributed by atoms with Crippen molar-refractivity contribution in [3.8, 4) is 0 Å². The van der Waals surface area contributed by atoms with E-state index in [2.05, 4.69) is 10.5 Å². The lowest BCUT2D eigenvalue weighted by Gasteiger charge is -2.06. The number of amides is 1. The number of aromatic nitrogens is 1. The van der Waals surface area contributed by atoms with E-state index in [1.807, 2.05) is 0 Å². The van der Waals surface area contributed by atoms with Gasteiger partial charge >= 0.3 is 10.8 Å². The lowest BCUT2D eigenvalue weighted by atomic mass is 10.1. The van der Waals surface area contributed by atoms with Crippen LogP contribution in [0, 0.1) is 0 Å². The van der Waals surface area contributed by atoms with Gasteiger partial charge in [-0.05, 0) is 29.8 Å². The number of hydrogen-bond acceptors (Lipinski definition) is 6. The smallest absolute Gasteiger partial charge is 0.337 e. The molecular weight excluding hydrogens is 449 g/mol.